The summed E-state index contributed by atoms with van der Waals surface area (Å²) >= 11 is 0. The first kappa shape index (κ1) is 54.9. The zero-order chi connectivity index (χ0) is 55.2. The van der Waals surface area contributed by atoms with E-state index in [2.05, 4.69) is 16.0 Å². The molecule has 0 spiro atoms. The molecule has 4 aromatic carbocycles. The van der Waals surface area contributed by atoms with Crippen LogP contribution in [-0.2, 0) is 9.47 Å². The molecule has 2 aliphatic heterocycles. The van der Waals surface area contributed by atoms with Crippen LogP contribution >= 0.6 is 0 Å². The van der Waals surface area contributed by atoms with Crippen LogP contribution in [-0.4, -0.2) is 104 Å². The zero-order valence-corrected chi connectivity index (χ0v) is 43.8. The first-order valence-electron chi connectivity index (χ1n) is 24.9. The van der Waals surface area contributed by atoms with E-state index in [0.717, 1.165) is 17.2 Å². The number of aliphatic hydroxyl groups is 1. The lowest BCUT2D eigenvalue weighted by Crippen LogP contribution is -2.41. The molecule has 0 aliphatic carbocycles. The number of benzene rings is 4. The monoisotopic (exact) mass is 1050 g/mol. The Balaban J connectivity index is 0.000000178. The number of nitriles is 2. The van der Waals surface area contributed by atoms with Crippen molar-refractivity contribution in [3.63, 3.8) is 0 Å². The normalized spacial score (nSPS) is 18.9. The largest absolute Gasteiger partial charge is 0.485 e. The summed E-state index contributed by atoms with van der Waals surface area (Å²) in [5.74, 6) is -1.30. The molecule has 2 saturated heterocycles. The van der Waals surface area contributed by atoms with Crippen LogP contribution in [0.5, 0.6) is 5.75 Å². The van der Waals surface area contributed by atoms with Crippen molar-refractivity contribution in [3.8, 4) is 62.8 Å². The first-order chi connectivity index (χ1) is 36.9. The highest BCUT2D eigenvalue weighted by molar-refractivity contribution is 5.97. The van der Waals surface area contributed by atoms with Crippen molar-refractivity contribution in [2.75, 3.05) is 54.6 Å². The topological polar surface area (TPSA) is 188 Å². The molecule has 1 N–H and O–H groups in total. The molecule has 77 heavy (non-hydrogen) atoms. The Morgan fingerprint density at radius 1 is 0.584 bits per heavy atom. The smallest absolute Gasteiger partial charge is 0.253 e. The lowest BCUT2D eigenvalue weighted by Gasteiger charge is -2.34. The minimum Gasteiger partial charge on any atom is -0.485 e. The van der Waals surface area contributed by atoms with Crippen LogP contribution in [0.15, 0.2) is 118 Å². The number of carbonyl (C=O) groups excluding carboxylic acids is 2. The number of nitrogens with zero attached hydrogens (tertiary/aromatic N) is 6. The molecule has 396 valence electrons. The van der Waals surface area contributed by atoms with E-state index in [1.807, 2.05) is 39.8 Å². The van der Waals surface area contributed by atoms with Crippen LogP contribution in [0.25, 0.3) is 67.1 Å². The molecule has 10 rings (SSSR count). The number of rotatable bonds is 8. The second-order valence-electron chi connectivity index (χ2n) is 19.9. The van der Waals surface area contributed by atoms with Crippen LogP contribution in [0.1, 0.15) is 59.5 Å². The molecule has 4 aromatic heterocycles. The van der Waals surface area contributed by atoms with Crippen molar-refractivity contribution in [1.29, 1.82) is 10.5 Å². The van der Waals surface area contributed by atoms with Crippen LogP contribution in [0.2, 0.25) is 0 Å². The van der Waals surface area contributed by atoms with Gasteiger partial charge in [0.2, 0.25) is 0 Å². The van der Waals surface area contributed by atoms with Crippen molar-refractivity contribution < 1.29 is 50.9 Å². The summed E-state index contributed by atoms with van der Waals surface area (Å²) < 4.78 is 72.1. The lowest BCUT2D eigenvalue weighted by molar-refractivity contribution is -0.0670. The van der Waals surface area contributed by atoms with Crippen molar-refractivity contribution in [2.45, 2.75) is 39.9 Å². The zero-order valence-electron chi connectivity index (χ0n) is 43.8. The van der Waals surface area contributed by atoms with Gasteiger partial charge in [0.15, 0.2) is 34.4 Å². The van der Waals surface area contributed by atoms with Gasteiger partial charge in [0.1, 0.15) is 40.8 Å². The molecule has 2 aliphatic rings. The molecule has 0 saturated carbocycles. The summed E-state index contributed by atoms with van der Waals surface area (Å²) in [7, 11) is 6.76. The number of ether oxygens (including phenoxy) is 3. The molecule has 4 atom stereocenters. The maximum Gasteiger partial charge on any atom is 0.253 e. The van der Waals surface area contributed by atoms with Gasteiger partial charge in [-0.05, 0) is 71.8 Å². The van der Waals surface area contributed by atoms with E-state index >= 15 is 4.39 Å². The van der Waals surface area contributed by atoms with E-state index in [9.17, 15) is 28.7 Å². The van der Waals surface area contributed by atoms with E-state index in [1.54, 1.807) is 107 Å². The predicted octanol–water partition coefficient (Wildman–Crippen LogP) is 11.6. The third-order valence-corrected chi connectivity index (χ3v) is 13.5. The minimum absolute atomic E-state index is 0.0420. The molecule has 4 unspecified atom stereocenters. The maximum absolute atomic E-state index is 15.4. The van der Waals surface area contributed by atoms with Gasteiger partial charge in [0, 0.05) is 110 Å². The summed E-state index contributed by atoms with van der Waals surface area (Å²) in [6.07, 6.45) is 2.74. The van der Waals surface area contributed by atoms with E-state index in [4.69, 9.17) is 28.3 Å². The summed E-state index contributed by atoms with van der Waals surface area (Å²) in [6.45, 7) is 10.5. The minimum atomic E-state index is -1.18. The second kappa shape index (κ2) is 23.7. The molecular weight excluding hydrogens is 990 g/mol. The fraction of sp³-hybridized carbons (Fsp3) is 0.300. The number of hydrogen-bond acceptors (Lipinski definition) is 12. The number of pyridine rings is 2. The van der Waals surface area contributed by atoms with Gasteiger partial charge in [-0.25, -0.2) is 13.2 Å². The van der Waals surface area contributed by atoms with Crippen LogP contribution in [0.4, 0.5) is 13.2 Å². The van der Waals surface area contributed by atoms with Gasteiger partial charge in [-0.1, -0.05) is 52.0 Å². The number of fused-ring (bicyclic) bond motifs is 2. The highest BCUT2D eigenvalue weighted by atomic mass is 19.2. The molecular formula is C60H57F3N6O8. The Kier molecular flexibility index (Phi) is 16.9. The Morgan fingerprint density at radius 2 is 1.00 bits per heavy atom. The van der Waals surface area contributed by atoms with Gasteiger partial charge >= 0.3 is 0 Å². The molecule has 6 heterocycles. The Labute approximate surface area is 443 Å². The van der Waals surface area contributed by atoms with E-state index in [1.165, 1.54) is 28.1 Å². The number of halogens is 3. The molecule has 2 fully saturated rings. The average molecular weight is 1050 g/mol. The highest BCUT2D eigenvalue weighted by Gasteiger charge is 2.32. The molecule has 17 heteroatoms. The van der Waals surface area contributed by atoms with E-state index < -0.39 is 17.5 Å². The fourth-order valence-corrected chi connectivity index (χ4v) is 9.22. The van der Waals surface area contributed by atoms with E-state index in [0.29, 0.717) is 105 Å². The summed E-state index contributed by atoms with van der Waals surface area (Å²) in [5, 5.41) is 28.3. The Morgan fingerprint density at radius 3 is 1.42 bits per heavy atom. The maximum atomic E-state index is 15.4. The Bertz CT molecular complexity index is 3510. The third-order valence-electron chi connectivity index (χ3n) is 13.5. The number of aliphatic hydroxyl groups excluding tert-OH is 1. The van der Waals surface area contributed by atoms with Crippen LogP contribution in [0, 0.1) is 63.8 Å². The van der Waals surface area contributed by atoms with Gasteiger partial charge in [-0.3, -0.25) is 19.6 Å². The average Bonchev–Trinajstić information content (AvgIpc) is 4.08. The molecule has 0 bridgehead atoms. The molecule has 8 aromatic rings. The van der Waals surface area contributed by atoms with Crippen molar-refractivity contribution in [3.05, 3.63) is 149 Å². The third kappa shape index (κ3) is 12.0. The number of amides is 2. The SMILES string of the molecule is CC1COCC(C)C1O.CC1COCC(C)C1Oc1c(F)cc(-c2ccnc3cc(-c4ccc(C(=O)N(C)C)cc4)oc23)cc1C#N.CN(C)C(=O)c1ccc(-c2cc3nccc(-c4cc(F)c(F)c(C#N)c4)c3o2)cc1. The van der Waals surface area contributed by atoms with Gasteiger partial charge in [-0.2, -0.15) is 10.5 Å². The van der Waals surface area contributed by atoms with Gasteiger partial charge in [0.05, 0.1) is 43.7 Å². The fourth-order valence-electron chi connectivity index (χ4n) is 9.22. The van der Waals surface area contributed by atoms with Gasteiger partial charge in [-0.15, -0.1) is 0 Å². The van der Waals surface area contributed by atoms with Crippen molar-refractivity contribution >= 4 is 34.0 Å². The predicted molar refractivity (Wildman–Crippen MR) is 284 cm³/mol. The van der Waals surface area contributed by atoms with Crippen molar-refractivity contribution in [1.82, 2.24) is 19.8 Å². The molecule has 2 amide bonds. The van der Waals surface area contributed by atoms with Crippen LogP contribution < -0.4 is 4.74 Å². The summed E-state index contributed by atoms with van der Waals surface area (Å²) in [5.41, 5.74) is 6.22. The van der Waals surface area contributed by atoms with Gasteiger partial charge < -0.3 is 38.0 Å². The number of hydrogen-bond donors (Lipinski definition) is 1. The lowest BCUT2D eigenvalue weighted by atomic mass is 9.92. The molecule has 0 radical (unpaired) electrons. The quantitative estimate of drug-likeness (QED) is 0.152. The first-order valence-corrected chi connectivity index (χ1v) is 24.9. The number of carbonyl (C=O) groups is 2. The highest BCUT2D eigenvalue weighted by Crippen LogP contribution is 2.39. The second-order valence-corrected chi connectivity index (χ2v) is 19.9. The number of furan rings is 2. The van der Waals surface area contributed by atoms with E-state index in [-0.39, 0.29) is 52.7 Å². The summed E-state index contributed by atoms with van der Waals surface area (Å²) in [6, 6.07) is 29.9. The van der Waals surface area contributed by atoms with Crippen LogP contribution in [0.3, 0.4) is 0 Å². The standard InChI is InChI=1S/C30H28FN3O4.C23H15F2N3O2.C7H14O2/c1-17-15-36-16-18(2)27(17)38-28-22(14-32)11-21(12-24(28)31)23-9-10-33-25-13-26(37-29(23)25)19-5-7-20(8-6-19)30(35)34(3)4;1-28(2)23(29)14-5-3-13(4-6-14)20-11-19-22(30-20)17(7-8-27-19)15-9-16(12-26)21(25)18(24)10-15;1-5-3-9-4-6(2)7(5)8/h5-13,17-18,27H,15-16H2,1-4H3;3-11H,1-2H3;5-8H,3-4H2,1-2H3. The summed E-state index contributed by atoms with van der Waals surface area (Å²) in [4.78, 5) is 35.9. The van der Waals surface area contributed by atoms with Gasteiger partial charge in [0.25, 0.3) is 11.8 Å². The Hall–Kier alpha value is -8.35. The van der Waals surface area contributed by atoms with Crippen molar-refractivity contribution in [2.24, 2.45) is 23.7 Å². The number of aromatic nitrogens is 2. The molecule has 14 nitrogen and oxygen atoms in total.